The fourth-order valence-electron chi connectivity index (χ4n) is 2.83. The lowest BCUT2D eigenvalue weighted by molar-refractivity contribution is 0.147. The van der Waals surface area contributed by atoms with E-state index < -0.39 is 0 Å². The van der Waals surface area contributed by atoms with Gasteiger partial charge in [-0.3, -0.25) is 0 Å². The molecule has 1 aromatic rings. The summed E-state index contributed by atoms with van der Waals surface area (Å²) in [5.74, 6) is 0.778. The van der Waals surface area contributed by atoms with E-state index >= 15 is 0 Å². The van der Waals surface area contributed by atoms with Gasteiger partial charge in [0, 0.05) is 17.6 Å². The summed E-state index contributed by atoms with van der Waals surface area (Å²) in [6.45, 7) is 5.91. The first-order chi connectivity index (χ1) is 10.6. The molecular weight excluding hydrogens is 300 g/mol. The average Bonchev–Trinajstić information content (AvgIpc) is 2.54. The quantitative estimate of drug-likeness (QED) is 0.832. The minimum Gasteiger partial charge on any atom is -0.492 e. The van der Waals surface area contributed by atoms with Crippen molar-refractivity contribution >= 4 is 17.6 Å². The number of carbonyl (C=O) groups excluding carboxylic acids is 1. The van der Waals surface area contributed by atoms with Gasteiger partial charge in [-0.2, -0.15) is 0 Å². The summed E-state index contributed by atoms with van der Waals surface area (Å²) >= 11 is 5.98. The number of piperidine rings is 1. The van der Waals surface area contributed by atoms with Gasteiger partial charge < -0.3 is 15.0 Å². The number of hydrogen-bond donors (Lipinski definition) is 1. The van der Waals surface area contributed by atoms with Crippen LogP contribution in [0.2, 0.25) is 5.02 Å². The van der Waals surface area contributed by atoms with Gasteiger partial charge in [0.15, 0.2) is 0 Å². The van der Waals surface area contributed by atoms with Gasteiger partial charge in [0.1, 0.15) is 12.4 Å². The van der Waals surface area contributed by atoms with E-state index in [-0.39, 0.29) is 6.03 Å². The van der Waals surface area contributed by atoms with Gasteiger partial charge in [-0.1, -0.05) is 18.5 Å². The number of urea groups is 1. The monoisotopic (exact) mass is 324 g/mol. The molecule has 0 aromatic heterocycles. The molecule has 0 saturated carbocycles. The van der Waals surface area contributed by atoms with E-state index in [0.717, 1.165) is 42.1 Å². The Morgan fingerprint density at radius 3 is 3.00 bits per heavy atom. The Morgan fingerprint density at radius 1 is 1.45 bits per heavy atom. The number of hydrogen-bond acceptors (Lipinski definition) is 2. The number of halogens is 1. The van der Waals surface area contributed by atoms with E-state index in [0.29, 0.717) is 19.2 Å². The Kier molecular flexibility index (Phi) is 6.37. The Morgan fingerprint density at radius 2 is 2.27 bits per heavy atom. The molecule has 1 fully saturated rings. The first kappa shape index (κ1) is 16.9. The predicted molar refractivity (Wildman–Crippen MR) is 89.7 cm³/mol. The third-order valence-electron chi connectivity index (χ3n) is 4.14. The van der Waals surface area contributed by atoms with Gasteiger partial charge in [-0.25, -0.2) is 4.79 Å². The number of rotatable bonds is 5. The number of benzene rings is 1. The van der Waals surface area contributed by atoms with Gasteiger partial charge >= 0.3 is 6.03 Å². The first-order valence-electron chi connectivity index (χ1n) is 8.05. The summed E-state index contributed by atoms with van der Waals surface area (Å²) in [6.07, 6.45) is 4.46. The largest absolute Gasteiger partial charge is 0.492 e. The third kappa shape index (κ3) is 4.54. The molecule has 22 heavy (non-hydrogen) atoms. The van der Waals surface area contributed by atoms with Gasteiger partial charge in [0.05, 0.1) is 6.54 Å². The second-order valence-corrected chi connectivity index (χ2v) is 6.15. The van der Waals surface area contributed by atoms with Crippen molar-refractivity contribution in [3.8, 4) is 5.75 Å². The van der Waals surface area contributed by atoms with Crippen LogP contribution in [0.5, 0.6) is 5.75 Å². The molecule has 1 heterocycles. The van der Waals surface area contributed by atoms with Crippen LogP contribution in [0, 0.1) is 6.92 Å². The van der Waals surface area contributed by atoms with Crippen molar-refractivity contribution in [1.82, 2.24) is 10.2 Å². The molecule has 2 amide bonds. The molecule has 1 aliphatic rings. The second kappa shape index (κ2) is 8.28. The van der Waals surface area contributed by atoms with Crippen LogP contribution in [0.15, 0.2) is 18.2 Å². The average molecular weight is 325 g/mol. The van der Waals surface area contributed by atoms with Crippen LogP contribution in [-0.2, 0) is 0 Å². The van der Waals surface area contributed by atoms with Crippen molar-refractivity contribution in [2.75, 3.05) is 19.7 Å². The SMILES string of the molecule is CCC1CCCCN1C(=O)NCCOc1ccc(Cl)c(C)c1. The fraction of sp³-hybridized carbons (Fsp3) is 0.588. The van der Waals surface area contributed by atoms with E-state index in [9.17, 15) is 4.79 Å². The molecule has 1 N–H and O–H groups in total. The van der Waals surface area contributed by atoms with Crippen molar-refractivity contribution < 1.29 is 9.53 Å². The molecule has 122 valence electrons. The predicted octanol–water partition coefficient (Wildman–Crippen LogP) is 4.00. The highest BCUT2D eigenvalue weighted by Gasteiger charge is 2.24. The molecule has 1 atom stereocenters. The maximum absolute atomic E-state index is 12.2. The van der Waals surface area contributed by atoms with Gasteiger partial charge in [-0.15, -0.1) is 0 Å². The molecular formula is C17H25ClN2O2. The summed E-state index contributed by atoms with van der Waals surface area (Å²) in [6, 6.07) is 5.98. The van der Waals surface area contributed by atoms with E-state index in [1.165, 1.54) is 6.42 Å². The van der Waals surface area contributed by atoms with Gasteiger partial charge in [0.2, 0.25) is 0 Å². The lowest BCUT2D eigenvalue weighted by Gasteiger charge is -2.35. The van der Waals surface area contributed by atoms with Gasteiger partial charge in [0.25, 0.3) is 0 Å². The molecule has 4 nitrogen and oxygen atoms in total. The molecule has 0 radical (unpaired) electrons. The molecule has 0 aliphatic carbocycles. The van der Waals surface area contributed by atoms with Gasteiger partial charge in [-0.05, 0) is 56.4 Å². The zero-order valence-electron chi connectivity index (χ0n) is 13.4. The number of likely N-dealkylation sites (tertiary alicyclic amines) is 1. The minimum absolute atomic E-state index is 0.0300. The summed E-state index contributed by atoms with van der Waals surface area (Å²) in [4.78, 5) is 14.2. The summed E-state index contributed by atoms with van der Waals surface area (Å²) in [5, 5.41) is 3.68. The smallest absolute Gasteiger partial charge is 0.317 e. The molecule has 1 aliphatic heterocycles. The zero-order valence-corrected chi connectivity index (χ0v) is 14.2. The minimum atomic E-state index is 0.0300. The fourth-order valence-corrected chi connectivity index (χ4v) is 2.95. The third-order valence-corrected chi connectivity index (χ3v) is 4.56. The maximum atomic E-state index is 12.2. The Balaban J connectivity index is 1.73. The summed E-state index contributed by atoms with van der Waals surface area (Å²) in [7, 11) is 0. The van der Waals surface area contributed by atoms with Crippen LogP contribution in [0.3, 0.4) is 0 Å². The van der Waals surface area contributed by atoms with Crippen molar-refractivity contribution in [3.05, 3.63) is 28.8 Å². The standard InChI is InChI=1S/C17H25ClN2O2/c1-3-14-6-4-5-10-20(14)17(21)19-9-11-22-15-7-8-16(18)13(2)12-15/h7-8,12,14H,3-6,9-11H2,1-2H3,(H,19,21). The number of nitrogens with zero attached hydrogens (tertiary/aromatic N) is 1. The Bertz CT molecular complexity index is 507. The highest BCUT2D eigenvalue weighted by molar-refractivity contribution is 6.31. The molecule has 2 rings (SSSR count). The van der Waals surface area contributed by atoms with Crippen LogP contribution >= 0.6 is 11.6 Å². The topological polar surface area (TPSA) is 41.6 Å². The molecule has 5 heteroatoms. The van der Waals surface area contributed by atoms with Crippen LogP contribution in [0.4, 0.5) is 4.79 Å². The number of carbonyl (C=O) groups is 1. The Labute approximate surface area is 137 Å². The van der Waals surface area contributed by atoms with Crippen molar-refractivity contribution in [2.45, 2.75) is 45.6 Å². The van der Waals surface area contributed by atoms with Crippen molar-refractivity contribution in [1.29, 1.82) is 0 Å². The Hall–Kier alpha value is -1.42. The highest BCUT2D eigenvalue weighted by atomic mass is 35.5. The molecule has 0 bridgehead atoms. The maximum Gasteiger partial charge on any atom is 0.317 e. The summed E-state index contributed by atoms with van der Waals surface area (Å²) < 4.78 is 5.64. The number of amides is 2. The van der Waals surface area contributed by atoms with Crippen LogP contribution in [0.25, 0.3) is 0 Å². The first-order valence-corrected chi connectivity index (χ1v) is 8.43. The summed E-state index contributed by atoms with van der Waals surface area (Å²) in [5.41, 5.74) is 0.988. The van der Waals surface area contributed by atoms with E-state index in [4.69, 9.17) is 16.3 Å². The van der Waals surface area contributed by atoms with Crippen molar-refractivity contribution in [3.63, 3.8) is 0 Å². The molecule has 1 saturated heterocycles. The van der Waals surface area contributed by atoms with E-state index in [1.807, 2.05) is 30.0 Å². The van der Waals surface area contributed by atoms with Crippen molar-refractivity contribution in [2.24, 2.45) is 0 Å². The van der Waals surface area contributed by atoms with Crippen LogP contribution < -0.4 is 10.1 Å². The molecule has 1 aromatic carbocycles. The normalized spacial score (nSPS) is 18.1. The lowest BCUT2D eigenvalue weighted by Crippen LogP contribution is -2.49. The molecule has 0 spiro atoms. The number of aryl methyl sites for hydroxylation is 1. The van der Waals surface area contributed by atoms with E-state index in [2.05, 4.69) is 12.2 Å². The lowest BCUT2D eigenvalue weighted by atomic mass is 10.0. The number of nitrogens with one attached hydrogen (secondary N) is 1. The van der Waals surface area contributed by atoms with Crippen LogP contribution in [-0.4, -0.2) is 36.7 Å². The van der Waals surface area contributed by atoms with Crippen LogP contribution in [0.1, 0.15) is 38.2 Å². The molecule has 1 unspecified atom stereocenters. The highest BCUT2D eigenvalue weighted by Crippen LogP contribution is 2.21. The zero-order chi connectivity index (χ0) is 15.9. The number of ether oxygens (including phenoxy) is 1. The second-order valence-electron chi connectivity index (χ2n) is 5.74. The van der Waals surface area contributed by atoms with E-state index in [1.54, 1.807) is 0 Å².